The average molecular weight is 630 g/mol. The van der Waals surface area contributed by atoms with Crippen LogP contribution in [-0.2, 0) is 9.47 Å². The zero-order chi connectivity index (χ0) is 32.1. The number of carbonyl (C=O) groups excluding carboxylic acids is 1. The Morgan fingerprint density at radius 1 is 0.978 bits per heavy atom. The molecule has 15 atom stereocenters. The molecule has 7 N–H and O–H groups in total. The summed E-state index contributed by atoms with van der Waals surface area (Å²) in [6, 6.07) is 3.51. The Kier molecular flexibility index (Phi) is 6.29. The molecule has 11 heteroatoms. The van der Waals surface area contributed by atoms with Gasteiger partial charge in [0.05, 0.1) is 22.9 Å². The van der Waals surface area contributed by atoms with E-state index >= 15 is 0 Å². The fraction of sp³-hybridized carbons (Fsp3) is 0.794. The summed E-state index contributed by atoms with van der Waals surface area (Å²) < 4.78 is 12.7. The van der Waals surface area contributed by atoms with E-state index in [1.807, 2.05) is 0 Å². The largest absolute Gasteiger partial charge is 0.504 e. The number of aliphatic hydroxyl groups is 5. The molecular formula is C34H47NO10. The van der Waals surface area contributed by atoms with Crippen LogP contribution in [0.3, 0.4) is 0 Å². The molecule has 45 heavy (non-hydrogen) atoms. The van der Waals surface area contributed by atoms with Gasteiger partial charge in [0.15, 0.2) is 17.6 Å². The van der Waals surface area contributed by atoms with Gasteiger partial charge in [-0.1, -0.05) is 13.8 Å². The normalized spacial score (nSPS) is 54.8. The maximum Gasteiger partial charge on any atom is 0.338 e. The van der Waals surface area contributed by atoms with E-state index in [0.29, 0.717) is 44.6 Å². The Hall–Kier alpha value is -1.99. The van der Waals surface area contributed by atoms with Crippen LogP contribution in [-0.4, -0.2) is 107 Å². The number of fused-ring (bicyclic) bond motifs is 5. The number of esters is 1. The first-order chi connectivity index (χ1) is 21.1. The van der Waals surface area contributed by atoms with Gasteiger partial charge >= 0.3 is 5.97 Å². The lowest BCUT2D eigenvalue weighted by Crippen LogP contribution is -2.76. The number of phenolic OH excluding ortho intramolecular Hbond substituents is 2. The predicted molar refractivity (Wildman–Crippen MR) is 158 cm³/mol. The average Bonchev–Trinajstić information content (AvgIpc) is 3.22. The summed E-state index contributed by atoms with van der Waals surface area (Å²) in [7, 11) is 0. The number of nitrogens with zero attached hydrogens (tertiary/aromatic N) is 1. The second-order valence-corrected chi connectivity index (χ2v) is 16.2. The maximum atomic E-state index is 13.2. The number of ether oxygens (including phenoxy) is 2. The molecule has 248 valence electrons. The fourth-order valence-corrected chi connectivity index (χ4v) is 12.4. The number of rotatable bonds is 2. The van der Waals surface area contributed by atoms with E-state index in [2.05, 4.69) is 18.7 Å². The van der Waals surface area contributed by atoms with Crippen LogP contribution in [0.25, 0.3) is 0 Å². The molecule has 3 saturated heterocycles. The molecule has 0 aromatic heterocycles. The van der Waals surface area contributed by atoms with Crippen molar-refractivity contribution in [1.29, 1.82) is 0 Å². The maximum absolute atomic E-state index is 13.2. The van der Waals surface area contributed by atoms with Crippen molar-refractivity contribution >= 4 is 5.97 Å². The standard InChI is InChI=1S/C34H47NO10/c1-16-4-9-24-31(3,41)26-18(15-35(24)14-16)19-13-32-23(33(19,42)28(39)27(26)38)8-7-22-30(32,2)11-10-25(34(22,43)45-32)44-29(40)17-5-6-20(36)21(37)12-17/h5-6,12,16,18-19,22-28,36-39,41-43H,4,7-11,13-15H2,1-3H3/t16-,18?,19-,22?,23?,24-,25-,26+,27+,28-,30-,31+,32?,33-,34-/m0/s1. The molecule has 1 aromatic carbocycles. The number of carbonyl (C=O) groups is 1. The van der Waals surface area contributed by atoms with Gasteiger partial charge in [0, 0.05) is 42.3 Å². The highest BCUT2D eigenvalue weighted by molar-refractivity contribution is 5.90. The summed E-state index contributed by atoms with van der Waals surface area (Å²) in [4.78, 5) is 15.5. The van der Waals surface area contributed by atoms with Gasteiger partial charge in [0.25, 0.3) is 0 Å². The van der Waals surface area contributed by atoms with Crippen molar-refractivity contribution in [2.24, 2.45) is 40.9 Å². The molecule has 0 amide bonds. The van der Waals surface area contributed by atoms with E-state index in [-0.39, 0.29) is 23.3 Å². The van der Waals surface area contributed by atoms with Crippen molar-refractivity contribution < 1.29 is 50.0 Å². The molecule has 4 aliphatic carbocycles. The second-order valence-electron chi connectivity index (χ2n) is 16.2. The summed E-state index contributed by atoms with van der Waals surface area (Å²) >= 11 is 0. The molecule has 3 aliphatic heterocycles. The minimum absolute atomic E-state index is 0.0262. The zero-order valence-electron chi connectivity index (χ0n) is 26.2. The lowest BCUT2D eigenvalue weighted by Gasteiger charge is -2.63. The number of aromatic hydroxyl groups is 2. The first kappa shape index (κ1) is 30.4. The molecule has 11 nitrogen and oxygen atoms in total. The SMILES string of the molecule is C[C@H]1CC[C@@H]2N(CC3[C@H]([C@@H](O)[C@H](O)[C@@]4(O)C5CCC6[C@]7(O)OC5(C[C@@H]34)[C@@]6(C)CC[C@@H]7OC(=O)c3ccc(O)c(O)c3)[C@]2(C)O)C1. The fourth-order valence-electron chi connectivity index (χ4n) is 12.4. The van der Waals surface area contributed by atoms with Gasteiger partial charge in [0.1, 0.15) is 11.7 Å². The van der Waals surface area contributed by atoms with Gasteiger partial charge in [-0.25, -0.2) is 4.79 Å². The molecular weight excluding hydrogens is 582 g/mol. The first-order valence-corrected chi connectivity index (χ1v) is 16.8. The van der Waals surface area contributed by atoms with Gasteiger partial charge in [-0.3, -0.25) is 4.90 Å². The van der Waals surface area contributed by atoms with E-state index in [1.165, 1.54) is 12.1 Å². The molecule has 1 spiro atoms. The van der Waals surface area contributed by atoms with E-state index in [4.69, 9.17) is 9.47 Å². The zero-order valence-corrected chi connectivity index (χ0v) is 26.2. The summed E-state index contributed by atoms with van der Waals surface area (Å²) in [6.07, 6.45) is 0.111. The Labute approximate surface area is 262 Å². The van der Waals surface area contributed by atoms with Crippen molar-refractivity contribution in [1.82, 2.24) is 4.90 Å². The molecule has 7 fully saturated rings. The first-order valence-electron chi connectivity index (χ1n) is 16.8. The Balaban J connectivity index is 1.15. The van der Waals surface area contributed by atoms with Crippen LogP contribution in [0.2, 0.25) is 0 Å². The van der Waals surface area contributed by atoms with Crippen LogP contribution in [0.1, 0.15) is 76.1 Å². The predicted octanol–water partition coefficient (Wildman–Crippen LogP) is 1.49. The topological polar surface area (TPSA) is 180 Å². The van der Waals surface area contributed by atoms with Crippen molar-refractivity contribution in [2.75, 3.05) is 13.1 Å². The van der Waals surface area contributed by atoms with Crippen LogP contribution in [0.5, 0.6) is 11.5 Å². The van der Waals surface area contributed by atoms with Gasteiger partial charge in [-0.2, -0.15) is 0 Å². The number of hydrogen-bond donors (Lipinski definition) is 7. The highest BCUT2D eigenvalue weighted by atomic mass is 16.7. The quantitative estimate of drug-likeness (QED) is 0.186. The minimum atomic E-state index is -1.84. The van der Waals surface area contributed by atoms with Crippen LogP contribution in [0.4, 0.5) is 0 Å². The molecule has 3 heterocycles. The number of phenols is 2. The summed E-state index contributed by atoms with van der Waals surface area (Å²) in [5.74, 6) is -5.36. The molecule has 4 unspecified atom stereocenters. The lowest BCUT2D eigenvalue weighted by atomic mass is 9.49. The van der Waals surface area contributed by atoms with Gasteiger partial charge in [-0.05, 0) is 87.8 Å². The molecule has 8 rings (SSSR count). The molecule has 4 bridgehead atoms. The smallest absolute Gasteiger partial charge is 0.338 e. The number of benzene rings is 1. The molecule has 0 radical (unpaired) electrons. The molecule has 1 aromatic rings. The van der Waals surface area contributed by atoms with Crippen molar-refractivity contribution in [3.8, 4) is 11.5 Å². The van der Waals surface area contributed by atoms with E-state index < -0.39 is 81.7 Å². The van der Waals surface area contributed by atoms with Crippen LogP contribution in [0.15, 0.2) is 18.2 Å². The highest BCUT2D eigenvalue weighted by Crippen LogP contribution is 2.77. The van der Waals surface area contributed by atoms with Gasteiger partial charge in [0.2, 0.25) is 5.79 Å². The Morgan fingerprint density at radius 2 is 1.71 bits per heavy atom. The lowest BCUT2D eigenvalue weighted by molar-refractivity contribution is -0.290. The van der Waals surface area contributed by atoms with Crippen LogP contribution >= 0.6 is 0 Å². The van der Waals surface area contributed by atoms with Crippen LogP contribution < -0.4 is 0 Å². The van der Waals surface area contributed by atoms with Crippen LogP contribution in [0, 0.1) is 40.9 Å². The summed E-state index contributed by atoms with van der Waals surface area (Å²) in [5, 5.41) is 80.4. The van der Waals surface area contributed by atoms with Crippen molar-refractivity contribution in [3.05, 3.63) is 23.8 Å². The second kappa shape index (κ2) is 9.33. The van der Waals surface area contributed by atoms with Gasteiger partial charge in [-0.15, -0.1) is 0 Å². The number of hydrogen-bond acceptors (Lipinski definition) is 11. The highest BCUT2D eigenvalue weighted by Gasteiger charge is 2.85. The number of piperidine rings is 2. The molecule has 4 saturated carbocycles. The van der Waals surface area contributed by atoms with E-state index in [9.17, 15) is 40.5 Å². The minimum Gasteiger partial charge on any atom is -0.504 e. The monoisotopic (exact) mass is 629 g/mol. The van der Waals surface area contributed by atoms with Crippen molar-refractivity contribution in [2.45, 2.75) is 113 Å². The third kappa shape index (κ3) is 3.58. The third-order valence-electron chi connectivity index (χ3n) is 14.3. The number of aliphatic hydroxyl groups excluding tert-OH is 2. The summed E-state index contributed by atoms with van der Waals surface area (Å²) in [5.41, 5.74) is -4.58. The van der Waals surface area contributed by atoms with E-state index in [1.54, 1.807) is 6.92 Å². The third-order valence-corrected chi connectivity index (χ3v) is 14.3. The Morgan fingerprint density at radius 3 is 2.44 bits per heavy atom. The Bertz CT molecular complexity index is 1420. The van der Waals surface area contributed by atoms with E-state index in [0.717, 1.165) is 25.5 Å². The molecule has 7 aliphatic rings. The van der Waals surface area contributed by atoms with Crippen molar-refractivity contribution in [3.63, 3.8) is 0 Å². The summed E-state index contributed by atoms with van der Waals surface area (Å²) in [6.45, 7) is 7.49. The van der Waals surface area contributed by atoms with Gasteiger partial charge < -0.3 is 45.2 Å².